The van der Waals surface area contributed by atoms with Crippen LogP contribution in [0.3, 0.4) is 0 Å². The number of nitrogens with one attached hydrogen (secondary N) is 1. The Hall–Kier alpha value is -2.57. The summed E-state index contributed by atoms with van der Waals surface area (Å²) in [5, 5.41) is 1.47. The second kappa shape index (κ2) is 8.75. The van der Waals surface area contributed by atoms with E-state index in [4.69, 9.17) is 22.1 Å². The third kappa shape index (κ3) is 3.97. The molecular weight excluding hydrogens is 429 g/mol. The second-order valence-corrected chi connectivity index (χ2v) is 9.27. The number of fused-ring (bicyclic) bond motifs is 2. The van der Waals surface area contributed by atoms with Crippen LogP contribution in [0.5, 0.6) is 5.75 Å². The van der Waals surface area contributed by atoms with Crippen LogP contribution in [0.4, 0.5) is 4.39 Å². The number of aromatic amines is 1. The Labute approximate surface area is 191 Å². The van der Waals surface area contributed by atoms with Crippen molar-refractivity contribution >= 4 is 28.4 Å². The Morgan fingerprint density at radius 3 is 2.84 bits per heavy atom. The molecule has 0 spiro atoms. The number of aryl methyl sites for hydroxylation is 1. The first kappa shape index (κ1) is 21.3. The summed E-state index contributed by atoms with van der Waals surface area (Å²) >= 11 is 6.33. The maximum absolute atomic E-state index is 13.7. The van der Waals surface area contributed by atoms with E-state index in [0.717, 1.165) is 41.4 Å². The van der Waals surface area contributed by atoms with Crippen molar-refractivity contribution in [1.82, 2.24) is 9.88 Å². The Kier molecular flexibility index (Phi) is 5.82. The van der Waals surface area contributed by atoms with E-state index in [0.29, 0.717) is 35.4 Å². The number of rotatable bonds is 7. The molecule has 32 heavy (non-hydrogen) atoms. The monoisotopic (exact) mass is 455 g/mol. The van der Waals surface area contributed by atoms with Gasteiger partial charge in [0, 0.05) is 40.3 Å². The zero-order chi connectivity index (χ0) is 22.2. The molecule has 3 N–H and O–H groups in total. The fourth-order valence-corrected chi connectivity index (χ4v) is 5.30. The number of nitrogens with zero attached hydrogens (tertiary/aromatic N) is 1. The number of ether oxygens (including phenoxy) is 1. The molecule has 5 rings (SSSR count). The minimum Gasteiger partial charge on any atom is -0.490 e. The van der Waals surface area contributed by atoms with E-state index in [1.807, 2.05) is 6.20 Å². The van der Waals surface area contributed by atoms with E-state index < -0.39 is 5.91 Å². The van der Waals surface area contributed by atoms with Gasteiger partial charge in [0.05, 0.1) is 5.02 Å². The van der Waals surface area contributed by atoms with Crippen LogP contribution in [-0.4, -0.2) is 41.0 Å². The second-order valence-electron chi connectivity index (χ2n) is 8.87. The summed E-state index contributed by atoms with van der Waals surface area (Å²) in [5.74, 6) is -0.0751. The number of carbonyl (C=O) groups is 1. The van der Waals surface area contributed by atoms with E-state index in [1.54, 1.807) is 24.3 Å². The van der Waals surface area contributed by atoms with Crippen molar-refractivity contribution in [3.05, 3.63) is 64.1 Å². The lowest BCUT2D eigenvalue weighted by Crippen LogP contribution is -2.51. The van der Waals surface area contributed by atoms with Crippen LogP contribution in [0, 0.1) is 5.82 Å². The summed E-state index contributed by atoms with van der Waals surface area (Å²) in [5.41, 5.74) is 9.03. The van der Waals surface area contributed by atoms with Gasteiger partial charge < -0.3 is 15.5 Å². The van der Waals surface area contributed by atoms with Gasteiger partial charge in [0.15, 0.2) is 0 Å². The number of hydrogen-bond acceptors (Lipinski definition) is 3. The van der Waals surface area contributed by atoms with Gasteiger partial charge in [0.2, 0.25) is 5.91 Å². The largest absolute Gasteiger partial charge is 0.490 e. The number of carbonyl (C=O) groups excluding carboxylic acids is 1. The van der Waals surface area contributed by atoms with Gasteiger partial charge in [-0.1, -0.05) is 18.0 Å². The van der Waals surface area contributed by atoms with Crippen molar-refractivity contribution in [2.75, 3.05) is 13.2 Å². The minimum absolute atomic E-state index is 0.171. The molecule has 1 atom stereocenters. The number of amides is 1. The highest BCUT2D eigenvalue weighted by atomic mass is 35.5. The molecule has 2 aromatic carbocycles. The number of halogens is 2. The number of nitrogens with two attached hydrogens (primary N) is 1. The highest BCUT2D eigenvalue weighted by Gasteiger charge is 2.35. The predicted octanol–water partition coefficient (Wildman–Crippen LogP) is 4.85. The summed E-state index contributed by atoms with van der Waals surface area (Å²) < 4.78 is 19.8. The lowest BCUT2D eigenvalue weighted by Gasteiger charge is -2.44. The first-order valence-electron chi connectivity index (χ1n) is 11.3. The predicted molar refractivity (Wildman–Crippen MR) is 124 cm³/mol. The van der Waals surface area contributed by atoms with E-state index in [2.05, 4.69) is 9.88 Å². The fourth-order valence-electron chi connectivity index (χ4n) is 5.07. The maximum Gasteiger partial charge on any atom is 0.249 e. The zero-order valence-corrected chi connectivity index (χ0v) is 18.6. The molecule has 1 amide bonds. The molecule has 1 aliphatic heterocycles. The zero-order valence-electron chi connectivity index (χ0n) is 17.9. The first-order chi connectivity index (χ1) is 15.5. The summed E-state index contributed by atoms with van der Waals surface area (Å²) in [6.45, 7) is 1.46. The molecule has 1 aromatic heterocycles. The molecule has 2 heterocycles. The van der Waals surface area contributed by atoms with Crippen molar-refractivity contribution in [3.8, 4) is 5.75 Å². The molecule has 5 nitrogen and oxygen atoms in total. The van der Waals surface area contributed by atoms with Gasteiger partial charge in [-0.2, -0.15) is 0 Å². The molecule has 0 unspecified atom stereocenters. The van der Waals surface area contributed by atoms with Gasteiger partial charge in [0.1, 0.15) is 18.2 Å². The third-order valence-electron chi connectivity index (χ3n) is 6.94. The molecule has 3 aromatic rings. The fraction of sp³-hybridized carbons (Fsp3) is 0.400. The van der Waals surface area contributed by atoms with Crippen LogP contribution in [0.1, 0.15) is 47.2 Å². The molecular formula is C25H27ClFN3O2. The van der Waals surface area contributed by atoms with Crippen LogP contribution in [0.15, 0.2) is 36.5 Å². The van der Waals surface area contributed by atoms with Gasteiger partial charge in [-0.15, -0.1) is 0 Å². The topological polar surface area (TPSA) is 71.4 Å². The number of hydrogen-bond donors (Lipinski definition) is 2. The van der Waals surface area contributed by atoms with E-state index in [9.17, 15) is 9.18 Å². The van der Waals surface area contributed by atoms with Crippen molar-refractivity contribution in [3.63, 3.8) is 0 Å². The number of H-pyrrole nitrogens is 1. The van der Waals surface area contributed by atoms with Gasteiger partial charge in [-0.05, 0) is 74.5 Å². The first-order valence-corrected chi connectivity index (χ1v) is 11.6. The van der Waals surface area contributed by atoms with Crippen molar-refractivity contribution in [2.24, 2.45) is 5.73 Å². The Bertz CT molecular complexity index is 1160. The summed E-state index contributed by atoms with van der Waals surface area (Å²) in [4.78, 5) is 17.8. The van der Waals surface area contributed by atoms with E-state index in [1.165, 1.54) is 25.3 Å². The van der Waals surface area contributed by atoms with Crippen LogP contribution in [0.25, 0.3) is 10.9 Å². The molecule has 1 aliphatic carbocycles. The third-order valence-corrected chi connectivity index (χ3v) is 7.24. The summed E-state index contributed by atoms with van der Waals surface area (Å²) in [6, 6.07) is 8.94. The smallest absolute Gasteiger partial charge is 0.249 e. The molecule has 2 aliphatic rings. The molecule has 7 heteroatoms. The quantitative estimate of drug-likeness (QED) is 0.535. The maximum atomic E-state index is 13.7. The van der Waals surface area contributed by atoms with Crippen molar-refractivity contribution < 1.29 is 13.9 Å². The molecule has 168 valence electrons. The highest BCUT2D eigenvalue weighted by Crippen LogP contribution is 2.38. The van der Waals surface area contributed by atoms with Gasteiger partial charge >= 0.3 is 0 Å². The van der Waals surface area contributed by atoms with Crippen LogP contribution < -0.4 is 10.5 Å². The number of benzene rings is 2. The van der Waals surface area contributed by atoms with E-state index in [-0.39, 0.29) is 11.9 Å². The van der Waals surface area contributed by atoms with Gasteiger partial charge in [-0.25, -0.2) is 4.39 Å². The standard InChI is InChI=1S/C25H27ClFN3O2/c26-22-8-7-19(25(28)31)21-12-18(14-32-24(21)22)30(17-4-1-5-17)10-2-3-15-13-29-23-9-6-16(27)11-20(15)23/h6-9,11,13,17-18,29H,1-5,10,12,14H2,(H2,28,31)/t18-/m1/s1. The average molecular weight is 456 g/mol. The van der Waals surface area contributed by atoms with Crippen LogP contribution >= 0.6 is 11.6 Å². The van der Waals surface area contributed by atoms with Gasteiger partial charge in [-0.3, -0.25) is 9.69 Å². The molecule has 0 bridgehead atoms. The van der Waals surface area contributed by atoms with Crippen LogP contribution in [-0.2, 0) is 12.8 Å². The van der Waals surface area contributed by atoms with Crippen molar-refractivity contribution in [2.45, 2.75) is 50.6 Å². The lowest BCUT2D eigenvalue weighted by molar-refractivity contribution is 0.0435. The lowest BCUT2D eigenvalue weighted by atomic mass is 9.87. The van der Waals surface area contributed by atoms with Crippen LogP contribution in [0.2, 0.25) is 5.02 Å². The number of aromatic nitrogens is 1. The van der Waals surface area contributed by atoms with E-state index >= 15 is 0 Å². The summed E-state index contributed by atoms with van der Waals surface area (Å²) in [6.07, 6.45) is 8.11. The normalized spacial score (nSPS) is 18.4. The van der Waals surface area contributed by atoms with Crippen molar-refractivity contribution in [1.29, 1.82) is 0 Å². The number of primary amides is 1. The molecule has 1 fully saturated rings. The highest BCUT2D eigenvalue weighted by molar-refractivity contribution is 6.32. The Balaban J connectivity index is 1.32. The molecule has 1 saturated carbocycles. The SMILES string of the molecule is NC(=O)c1ccc(Cl)c2c1C[C@@H](N(CCCc1c[nH]c3ccc(F)cc13)C1CCC1)CO2. The Morgan fingerprint density at radius 1 is 1.25 bits per heavy atom. The van der Waals surface area contributed by atoms with Gasteiger partial charge in [0.25, 0.3) is 0 Å². The molecule has 0 radical (unpaired) electrons. The Morgan fingerprint density at radius 2 is 2.09 bits per heavy atom. The molecule has 0 saturated heterocycles. The average Bonchev–Trinajstić information content (AvgIpc) is 3.13. The minimum atomic E-state index is -0.455. The summed E-state index contributed by atoms with van der Waals surface area (Å²) in [7, 11) is 0.